The Balaban J connectivity index is 1.44. The van der Waals surface area contributed by atoms with Gasteiger partial charge in [-0.25, -0.2) is 14.6 Å². The summed E-state index contributed by atoms with van der Waals surface area (Å²) in [6.07, 6.45) is -0.157. The summed E-state index contributed by atoms with van der Waals surface area (Å²) in [7, 11) is 0. The van der Waals surface area contributed by atoms with Gasteiger partial charge in [-0.2, -0.15) is 18.3 Å². The van der Waals surface area contributed by atoms with E-state index in [1.54, 1.807) is 51.1 Å². The van der Waals surface area contributed by atoms with Crippen LogP contribution in [0.15, 0.2) is 55.1 Å². The lowest BCUT2D eigenvalue weighted by molar-refractivity contribution is -0.141. The highest BCUT2D eigenvalue weighted by Gasteiger charge is 2.33. The van der Waals surface area contributed by atoms with Gasteiger partial charge in [-0.05, 0) is 24.3 Å². The standard InChI is InChI=1S/C19H17F3N6O/c20-19(21,22)16-12-17(24-13-23-16)26-7-9-27(10-8-26)18(29)14-3-1-4-15(11-14)28-6-2-5-25-28/h1-6,11-13H,7-10H2. The molecular weight excluding hydrogens is 385 g/mol. The van der Waals surface area contributed by atoms with Crippen LogP contribution in [0.2, 0.25) is 0 Å². The molecule has 0 radical (unpaired) electrons. The van der Waals surface area contributed by atoms with Crippen LogP contribution in [0.5, 0.6) is 0 Å². The molecule has 150 valence electrons. The van der Waals surface area contributed by atoms with Crippen LogP contribution >= 0.6 is 0 Å². The van der Waals surface area contributed by atoms with Gasteiger partial charge in [0.05, 0.1) is 5.69 Å². The molecule has 1 aliphatic rings. The monoisotopic (exact) mass is 402 g/mol. The van der Waals surface area contributed by atoms with Gasteiger partial charge in [-0.1, -0.05) is 6.07 Å². The molecule has 2 aromatic heterocycles. The van der Waals surface area contributed by atoms with Crippen molar-refractivity contribution in [1.82, 2.24) is 24.6 Å². The first kappa shape index (κ1) is 18.9. The number of anilines is 1. The molecule has 0 atom stereocenters. The van der Waals surface area contributed by atoms with Gasteiger partial charge in [0.25, 0.3) is 5.91 Å². The number of alkyl halides is 3. The first-order valence-electron chi connectivity index (χ1n) is 8.95. The molecule has 3 aromatic rings. The van der Waals surface area contributed by atoms with E-state index in [-0.39, 0.29) is 11.7 Å². The smallest absolute Gasteiger partial charge is 0.353 e. The largest absolute Gasteiger partial charge is 0.433 e. The number of carbonyl (C=O) groups is 1. The van der Waals surface area contributed by atoms with E-state index in [9.17, 15) is 18.0 Å². The molecule has 1 saturated heterocycles. The van der Waals surface area contributed by atoms with Gasteiger partial charge in [0.15, 0.2) is 0 Å². The quantitative estimate of drug-likeness (QED) is 0.674. The Kier molecular flexibility index (Phi) is 4.91. The zero-order valence-electron chi connectivity index (χ0n) is 15.3. The summed E-state index contributed by atoms with van der Waals surface area (Å²) in [5.74, 6) is 0.0810. The molecule has 7 nitrogen and oxygen atoms in total. The Morgan fingerprint density at radius 3 is 2.48 bits per heavy atom. The van der Waals surface area contributed by atoms with E-state index in [0.29, 0.717) is 31.7 Å². The number of hydrogen-bond donors (Lipinski definition) is 0. The molecule has 0 saturated carbocycles. The van der Waals surface area contributed by atoms with Gasteiger partial charge in [0, 0.05) is 50.2 Å². The topological polar surface area (TPSA) is 67.2 Å². The number of nitrogens with zero attached hydrogens (tertiary/aromatic N) is 6. The summed E-state index contributed by atoms with van der Waals surface area (Å²) in [5.41, 5.74) is 0.337. The van der Waals surface area contributed by atoms with Gasteiger partial charge < -0.3 is 9.80 Å². The zero-order valence-corrected chi connectivity index (χ0v) is 15.3. The lowest BCUT2D eigenvalue weighted by atomic mass is 10.1. The van der Waals surface area contributed by atoms with Crippen LogP contribution in [0.25, 0.3) is 5.69 Å². The third kappa shape index (κ3) is 4.05. The van der Waals surface area contributed by atoms with Crippen molar-refractivity contribution in [1.29, 1.82) is 0 Å². The maximum Gasteiger partial charge on any atom is 0.433 e. The van der Waals surface area contributed by atoms with Crippen molar-refractivity contribution in [2.75, 3.05) is 31.1 Å². The SMILES string of the molecule is O=C(c1cccc(-n2cccn2)c1)N1CCN(c2cc(C(F)(F)F)ncn2)CC1. The zero-order chi connectivity index (χ0) is 20.4. The fourth-order valence-corrected chi connectivity index (χ4v) is 3.20. The van der Waals surface area contributed by atoms with Gasteiger partial charge in [0.2, 0.25) is 0 Å². The fourth-order valence-electron chi connectivity index (χ4n) is 3.20. The Labute approximate surface area is 164 Å². The molecule has 0 bridgehead atoms. The van der Waals surface area contributed by atoms with Crippen LogP contribution in [0, 0.1) is 0 Å². The van der Waals surface area contributed by atoms with Crippen LogP contribution in [0.1, 0.15) is 16.1 Å². The molecule has 0 aliphatic carbocycles. The minimum absolute atomic E-state index is 0.127. The molecule has 4 rings (SSSR count). The molecule has 10 heteroatoms. The molecule has 1 aliphatic heterocycles. The van der Waals surface area contributed by atoms with Crippen molar-refractivity contribution in [2.24, 2.45) is 0 Å². The summed E-state index contributed by atoms with van der Waals surface area (Å²) in [5, 5.41) is 4.16. The highest BCUT2D eigenvalue weighted by Crippen LogP contribution is 2.29. The number of benzene rings is 1. The third-order valence-electron chi connectivity index (χ3n) is 4.70. The van der Waals surface area contributed by atoms with Gasteiger partial charge in [0.1, 0.15) is 17.8 Å². The Bertz CT molecular complexity index is 997. The molecule has 0 spiro atoms. The maximum absolute atomic E-state index is 12.9. The molecule has 1 fully saturated rings. The lowest BCUT2D eigenvalue weighted by Gasteiger charge is -2.35. The van der Waals surface area contributed by atoms with E-state index in [2.05, 4.69) is 15.1 Å². The molecule has 3 heterocycles. The molecule has 0 unspecified atom stereocenters. The van der Waals surface area contributed by atoms with Crippen molar-refractivity contribution >= 4 is 11.7 Å². The number of aromatic nitrogens is 4. The average Bonchev–Trinajstić information content (AvgIpc) is 3.28. The summed E-state index contributed by atoms with van der Waals surface area (Å²) in [6.45, 7) is 1.55. The average molecular weight is 402 g/mol. The summed E-state index contributed by atoms with van der Waals surface area (Å²) in [6, 6.07) is 9.88. The summed E-state index contributed by atoms with van der Waals surface area (Å²) in [4.78, 5) is 23.5. The van der Waals surface area contributed by atoms with Crippen LogP contribution in [0.3, 0.4) is 0 Å². The number of carbonyl (C=O) groups excluding carboxylic acids is 1. The number of halogens is 3. The lowest BCUT2D eigenvalue weighted by Crippen LogP contribution is -2.49. The molecule has 29 heavy (non-hydrogen) atoms. The number of piperazine rings is 1. The van der Waals surface area contributed by atoms with E-state index in [0.717, 1.165) is 18.1 Å². The van der Waals surface area contributed by atoms with Gasteiger partial charge >= 0.3 is 6.18 Å². The first-order chi connectivity index (χ1) is 13.9. The van der Waals surface area contributed by atoms with Crippen LogP contribution in [-0.4, -0.2) is 56.7 Å². The van der Waals surface area contributed by atoms with Crippen LogP contribution in [-0.2, 0) is 6.18 Å². The van der Waals surface area contributed by atoms with Gasteiger partial charge in [-0.15, -0.1) is 0 Å². The maximum atomic E-state index is 12.9. The predicted molar refractivity (Wildman–Crippen MR) is 98.7 cm³/mol. The Hall–Kier alpha value is -3.43. The second kappa shape index (κ2) is 7.53. The van der Waals surface area contributed by atoms with Crippen molar-refractivity contribution in [2.45, 2.75) is 6.18 Å². The fraction of sp³-hybridized carbons (Fsp3) is 0.263. The highest BCUT2D eigenvalue weighted by molar-refractivity contribution is 5.95. The summed E-state index contributed by atoms with van der Waals surface area (Å²) < 4.78 is 40.2. The minimum Gasteiger partial charge on any atom is -0.353 e. The van der Waals surface area contributed by atoms with E-state index < -0.39 is 11.9 Å². The van der Waals surface area contributed by atoms with Crippen molar-refractivity contribution in [3.8, 4) is 5.69 Å². The highest BCUT2D eigenvalue weighted by atomic mass is 19.4. The van der Waals surface area contributed by atoms with Gasteiger partial charge in [-0.3, -0.25) is 4.79 Å². The second-order valence-corrected chi connectivity index (χ2v) is 6.54. The number of hydrogen-bond acceptors (Lipinski definition) is 5. The van der Waals surface area contributed by atoms with Crippen molar-refractivity contribution in [3.05, 3.63) is 66.4 Å². The molecule has 1 aromatic carbocycles. The Morgan fingerprint density at radius 2 is 1.79 bits per heavy atom. The van der Waals surface area contributed by atoms with E-state index in [1.165, 1.54) is 0 Å². The van der Waals surface area contributed by atoms with E-state index in [4.69, 9.17) is 0 Å². The first-order valence-corrected chi connectivity index (χ1v) is 8.95. The molecular formula is C19H17F3N6O. The number of rotatable bonds is 3. The normalized spacial score (nSPS) is 14.9. The third-order valence-corrected chi connectivity index (χ3v) is 4.70. The van der Waals surface area contributed by atoms with Crippen molar-refractivity contribution in [3.63, 3.8) is 0 Å². The van der Waals surface area contributed by atoms with Crippen LogP contribution < -0.4 is 4.90 Å². The minimum atomic E-state index is -4.52. The Morgan fingerprint density at radius 1 is 1.00 bits per heavy atom. The number of amides is 1. The summed E-state index contributed by atoms with van der Waals surface area (Å²) >= 11 is 0. The van der Waals surface area contributed by atoms with E-state index >= 15 is 0 Å². The molecule has 0 N–H and O–H groups in total. The van der Waals surface area contributed by atoms with Crippen LogP contribution in [0.4, 0.5) is 19.0 Å². The van der Waals surface area contributed by atoms with Crippen molar-refractivity contribution < 1.29 is 18.0 Å². The second-order valence-electron chi connectivity index (χ2n) is 6.54. The predicted octanol–water partition coefficient (Wildman–Crippen LogP) is 2.64. The van der Waals surface area contributed by atoms with E-state index in [1.807, 2.05) is 6.07 Å². The molecule has 1 amide bonds.